The van der Waals surface area contributed by atoms with Crippen LogP contribution in [0.1, 0.15) is 73.5 Å². The summed E-state index contributed by atoms with van der Waals surface area (Å²) < 4.78 is 28.9. The summed E-state index contributed by atoms with van der Waals surface area (Å²) in [4.78, 5) is 132. The van der Waals surface area contributed by atoms with Crippen LogP contribution in [-0.2, 0) is 44.7 Å². The van der Waals surface area contributed by atoms with Crippen molar-refractivity contribution < 1.29 is 71.8 Å². The number of fused-ring (bicyclic) bond motifs is 6. The normalized spacial score (nSPS) is 20.4. The number of nitrogens with zero attached hydrogens (tertiary/aromatic N) is 5. The Labute approximate surface area is 506 Å². The molecule has 3 fully saturated rings. The van der Waals surface area contributed by atoms with Gasteiger partial charge in [0.25, 0.3) is 11.8 Å². The minimum absolute atomic E-state index is 0.0347. The average molecular weight is 1260 g/mol. The van der Waals surface area contributed by atoms with Crippen molar-refractivity contribution >= 4 is 133 Å². The van der Waals surface area contributed by atoms with E-state index in [1.165, 1.54) is 63.7 Å². The average Bonchev–Trinajstić information content (AvgIpc) is 1.42. The molecule has 85 heavy (non-hydrogen) atoms. The molecule has 26 heteroatoms. The van der Waals surface area contributed by atoms with E-state index in [2.05, 4.69) is 5.32 Å². The molecule has 7 amide bonds. The van der Waals surface area contributed by atoms with Crippen molar-refractivity contribution in [2.24, 2.45) is 10.8 Å². The largest absolute Gasteiger partial charge is 0.524 e. The van der Waals surface area contributed by atoms with Crippen molar-refractivity contribution in [2.45, 2.75) is 74.3 Å². The number of hydrogen-bond acceptors (Lipinski definition) is 14. The highest BCUT2D eigenvalue weighted by molar-refractivity contribution is 8.76. The summed E-state index contributed by atoms with van der Waals surface area (Å²) in [6.45, 7) is 0.769. The third-order valence-electron chi connectivity index (χ3n) is 16.4. The first kappa shape index (κ1) is 61.2. The molecule has 5 aromatic rings. The van der Waals surface area contributed by atoms with Crippen LogP contribution in [0.3, 0.4) is 0 Å². The predicted octanol–water partition coefficient (Wildman–Crippen LogP) is 9.17. The molecule has 3 aliphatic carbocycles. The van der Waals surface area contributed by atoms with Crippen LogP contribution in [0, 0.1) is 10.8 Å². The van der Waals surface area contributed by atoms with Crippen LogP contribution in [0.25, 0.3) is 21.5 Å². The van der Waals surface area contributed by atoms with Gasteiger partial charge in [0.1, 0.15) is 24.1 Å². The maximum atomic E-state index is 14.9. The second-order valence-electron chi connectivity index (χ2n) is 22.1. The smallest absolute Gasteiger partial charge is 0.480 e. The highest BCUT2D eigenvalue weighted by Crippen LogP contribution is 2.75. The van der Waals surface area contributed by atoms with Crippen molar-refractivity contribution in [2.75, 3.05) is 74.1 Å². The molecule has 1 unspecified atom stereocenters. The van der Waals surface area contributed by atoms with Gasteiger partial charge in [0.05, 0.1) is 22.2 Å². The lowest BCUT2D eigenvalue weighted by molar-refractivity contribution is -0.205. The Kier molecular flexibility index (Phi) is 18.2. The van der Waals surface area contributed by atoms with Gasteiger partial charge in [-0.25, -0.2) is 18.9 Å². The zero-order valence-electron chi connectivity index (χ0n) is 46.3. The summed E-state index contributed by atoms with van der Waals surface area (Å²) >= 11 is 13.1. The number of carboxylic acids is 1. The Balaban J connectivity index is 0.722. The topological polar surface area (TPSA) is 270 Å². The summed E-state index contributed by atoms with van der Waals surface area (Å²) in [5.74, 6) is -2.66. The van der Waals surface area contributed by atoms with Crippen LogP contribution < -0.4 is 24.4 Å². The molecule has 0 saturated heterocycles. The van der Waals surface area contributed by atoms with Crippen LogP contribution in [0.15, 0.2) is 102 Å². The maximum Gasteiger partial charge on any atom is 0.524 e. The Morgan fingerprint density at radius 3 is 1.80 bits per heavy atom. The molecule has 11 rings (SSSR count). The summed E-state index contributed by atoms with van der Waals surface area (Å²) in [7, 11) is 0.564. The number of hydrogen-bond donors (Lipinski definition) is 4. The van der Waals surface area contributed by atoms with Gasteiger partial charge in [-0.2, -0.15) is 0 Å². The number of imide groups is 1. The molecule has 5 aromatic carbocycles. The number of carbonyl (C=O) groups excluding carboxylic acids is 7. The SMILES string of the molecule is CN(CCN(C)C(=O)Oc1cc2c(c3ccccc13)[C@H](CCl)CN2C(=O)C12CC(C(=O)N3C[C@@H](CCl)c4c3cc(OP(=O)(O)O)c3ccccc43)(C1)C2)C(=O)OCc1ccccc1SSCC(NC(=O)CCCCCN1C(=O)C=CC1=O)C(=O)O. The van der Waals surface area contributed by atoms with Crippen molar-refractivity contribution in [3.63, 3.8) is 0 Å². The fraction of sp³-hybridized carbons (Fsp3) is 0.390. The molecule has 3 atom stereocenters. The monoisotopic (exact) mass is 1260 g/mol. The molecular weight excluding hydrogens is 1200 g/mol. The second kappa shape index (κ2) is 25.2. The van der Waals surface area contributed by atoms with Crippen molar-refractivity contribution in [1.82, 2.24) is 20.0 Å². The van der Waals surface area contributed by atoms with Gasteiger partial charge < -0.3 is 44.0 Å². The molecule has 6 aliphatic rings. The van der Waals surface area contributed by atoms with E-state index in [4.69, 9.17) is 37.2 Å². The van der Waals surface area contributed by atoms with Gasteiger partial charge in [0.2, 0.25) is 17.7 Å². The van der Waals surface area contributed by atoms with Crippen LogP contribution in [0.5, 0.6) is 11.5 Å². The number of carboxylic acid groups (broad SMARTS) is 1. The number of aliphatic carboxylic acids is 1. The number of phosphoric acid groups is 1. The van der Waals surface area contributed by atoms with E-state index >= 15 is 0 Å². The molecule has 2 bridgehead atoms. The molecule has 0 spiro atoms. The Bertz CT molecular complexity index is 3590. The van der Waals surface area contributed by atoms with E-state index < -0.39 is 48.8 Å². The lowest BCUT2D eigenvalue weighted by Gasteiger charge is -2.69. The Morgan fingerprint density at radius 1 is 0.729 bits per heavy atom. The Hall–Kier alpha value is -6.85. The number of rotatable bonds is 24. The number of amides is 7. The van der Waals surface area contributed by atoms with Gasteiger partial charge in [0.15, 0.2) is 0 Å². The highest BCUT2D eigenvalue weighted by atomic mass is 35.5. The first-order chi connectivity index (χ1) is 40.6. The molecule has 448 valence electrons. The Morgan fingerprint density at radius 2 is 1.25 bits per heavy atom. The lowest BCUT2D eigenvalue weighted by atomic mass is 9.34. The molecule has 4 N–H and O–H groups in total. The first-order valence-electron chi connectivity index (χ1n) is 27.5. The molecular formula is C59H61Cl2N6O15PS2. The zero-order chi connectivity index (χ0) is 60.5. The molecule has 0 aromatic heterocycles. The van der Waals surface area contributed by atoms with Crippen LogP contribution in [0.2, 0.25) is 0 Å². The number of carbonyl (C=O) groups is 8. The fourth-order valence-corrected chi connectivity index (χ4v) is 15.5. The second-order valence-corrected chi connectivity index (χ2v) is 26.2. The van der Waals surface area contributed by atoms with E-state index in [1.807, 2.05) is 30.3 Å². The van der Waals surface area contributed by atoms with Crippen molar-refractivity contribution in [3.8, 4) is 11.5 Å². The highest BCUT2D eigenvalue weighted by Gasteiger charge is 2.76. The molecule has 3 heterocycles. The first-order valence-corrected chi connectivity index (χ1v) is 32.4. The van der Waals surface area contributed by atoms with Gasteiger partial charge >= 0.3 is 26.0 Å². The zero-order valence-corrected chi connectivity index (χ0v) is 50.3. The van der Waals surface area contributed by atoms with E-state index in [0.29, 0.717) is 76.5 Å². The quantitative estimate of drug-likeness (QED) is 0.0147. The van der Waals surface area contributed by atoms with E-state index in [0.717, 1.165) is 21.4 Å². The number of nitrogens with one attached hydrogen (secondary N) is 1. The number of ether oxygens (including phenoxy) is 2. The third kappa shape index (κ3) is 12.6. The van der Waals surface area contributed by atoms with Gasteiger partial charge in [-0.3, -0.25) is 38.7 Å². The minimum atomic E-state index is -4.97. The van der Waals surface area contributed by atoms with E-state index in [9.17, 15) is 57.8 Å². The maximum absolute atomic E-state index is 14.9. The molecule has 0 radical (unpaired) electrons. The van der Waals surface area contributed by atoms with Crippen LogP contribution >= 0.6 is 52.6 Å². The van der Waals surface area contributed by atoms with E-state index in [-0.39, 0.29) is 110 Å². The fourth-order valence-electron chi connectivity index (χ4n) is 12.2. The molecule has 3 aliphatic heterocycles. The van der Waals surface area contributed by atoms with Gasteiger partial charge in [-0.1, -0.05) is 94.7 Å². The molecule has 21 nitrogen and oxygen atoms in total. The number of likely N-dealkylation sites (N-methyl/N-ethyl adjacent to an activating group) is 2. The van der Waals surface area contributed by atoms with Gasteiger partial charge in [0, 0.05) is 128 Å². The summed E-state index contributed by atoms with van der Waals surface area (Å²) in [6, 6.07) is 23.6. The summed E-state index contributed by atoms with van der Waals surface area (Å²) in [5.41, 5.74) is 1.62. The number of phosphoric ester groups is 1. The summed E-state index contributed by atoms with van der Waals surface area (Å²) in [5, 5.41) is 14.9. The van der Waals surface area contributed by atoms with Crippen molar-refractivity contribution in [1.29, 1.82) is 0 Å². The minimum Gasteiger partial charge on any atom is -0.480 e. The number of halogens is 2. The van der Waals surface area contributed by atoms with Crippen molar-refractivity contribution in [3.05, 3.63) is 114 Å². The van der Waals surface area contributed by atoms with E-state index in [1.54, 1.807) is 58.3 Å². The number of benzene rings is 5. The van der Waals surface area contributed by atoms with Crippen LogP contribution in [0.4, 0.5) is 21.0 Å². The van der Waals surface area contributed by atoms with Crippen LogP contribution in [-0.4, -0.2) is 148 Å². The van der Waals surface area contributed by atoms with Gasteiger partial charge in [-0.05, 0) is 60.1 Å². The third-order valence-corrected chi connectivity index (χ3v) is 20.0. The lowest BCUT2D eigenvalue weighted by Crippen LogP contribution is -2.73. The van der Waals surface area contributed by atoms with Gasteiger partial charge in [-0.15, -0.1) is 23.2 Å². The predicted molar refractivity (Wildman–Crippen MR) is 321 cm³/mol. The number of alkyl halides is 2. The standard InChI is InChI=1S/C59H61Cl2N6O15PS2/c1-63(56(75)80-30-35-12-5-10-17-47(35)85-84-31-42(53(71)72)62-48(68)18-4-3-11-21-65-49(69)19-20-50(65)70)22-23-64(2)57(76)81-45-24-43-51(40-15-8-6-13-38(40)45)36(26-60)28-66(43)54(73)58-32-59(33-58,34-58)55(74)67-29-37(27-61)52-41-16-9-7-14-39(41)46(25-44(52)67)82-83(77,78)79/h5-10,12-17,19-20,24-25,36-37,42H,3-4,11,18,21-23,26-34H2,1-2H3,(H,62,68)(H,71,72)(H2,77,78,79)/t36-,37-,42?,58?,59?/m1/s1. The number of unbranched alkanes of at least 4 members (excludes halogenated alkanes) is 2. The molecule has 3 saturated carbocycles. The number of anilines is 2. The summed E-state index contributed by atoms with van der Waals surface area (Å²) in [6.07, 6.45) is 3.53.